The van der Waals surface area contributed by atoms with Crippen molar-refractivity contribution in [3.05, 3.63) is 65.2 Å². The first-order valence-electron chi connectivity index (χ1n) is 9.95. The number of ether oxygens (including phenoxy) is 1. The van der Waals surface area contributed by atoms with Gasteiger partial charge in [-0.2, -0.15) is 0 Å². The molecule has 2 aromatic carbocycles. The zero-order valence-corrected chi connectivity index (χ0v) is 16.3. The monoisotopic (exact) mass is 378 g/mol. The van der Waals surface area contributed by atoms with Crippen LogP contribution in [-0.2, 0) is 17.8 Å². The first-order chi connectivity index (χ1) is 13.7. The van der Waals surface area contributed by atoms with Gasteiger partial charge in [-0.1, -0.05) is 30.3 Å². The molecule has 2 amide bonds. The minimum absolute atomic E-state index is 0.0346. The summed E-state index contributed by atoms with van der Waals surface area (Å²) in [5.41, 5.74) is 2.94. The van der Waals surface area contributed by atoms with E-state index in [-0.39, 0.29) is 24.4 Å². The molecule has 2 aliphatic heterocycles. The lowest BCUT2D eigenvalue weighted by atomic mass is 9.95. The number of hydrogen-bond donors (Lipinski definition) is 0. The quantitative estimate of drug-likeness (QED) is 0.802. The fourth-order valence-electron chi connectivity index (χ4n) is 4.27. The Morgan fingerprint density at radius 2 is 1.89 bits per heavy atom. The molecular weight excluding hydrogens is 352 g/mol. The molecule has 0 spiro atoms. The first-order valence-corrected chi connectivity index (χ1v) is 9.95. The number of likely N-dealkylation sites (tertiary alicyclic amines) is 1. The van der Waals surface area contributed by atoms with Gasteiger partial charge in [0.1, 0.15) is 12.3 Å². The van der Waals surface area contributed by atoms with Crippen LogP contribution in [0.4, 0.5) is 0 Å². The van der Waals surface area contributed by atoms with Crippen LogP contribution in [0.5, 0.6) is 5.75 Å². The van der Waals surface area contributed by atoms with E-state index in [2.05, 4.69) is 12.1 Å². The Bertz CT molecular complexity index is 862. The summed E-state index contributed by atoms with van der Waals surface area (Å²) >= 11 is 0. The summed E-state index contributed by atoms with van der Waals surface area (Å²) in [6.45, 7) is 1.46. The summed E-state index contributed by atoms with van der Waals surface area (Å²) in [6, 6.07) is 15.9. The van der Waals surface area contributed by atoms with Gasteiger partial charge < -0.3 is 14.5 Å². The van der Waals surface area contributed by atoms with Crippen LogP contribution in [0.25, 0.3) is 0 Å². The van der Waals surface area contributed by atoms with Gasteiger partial charge >= 0.3 is 0 Å². The van der Waals surface area contributed by atoms with Crippen LogP contribution < -0.4 is 4.74 Å². The maximum atomic E-state index is 13.1. The Labute approximate surface area is 165 Å². The molecule has 0 aromatic heterocycles. The van der Waals surface area contributed by atoms with Gasteiger partial charge in [-0.25, -0.2) is 0 Å². The van der Waals surface area contributed by atoms with E-state index in [1.54, 1.807) is 12.0 Å². The van der Waals surface area contributed by atoms with Gasteiger partial charge in [0, 0.05) is 24.7 Å². The van der Waals surface area contributed by atoms with Crippen molar-refractivity contribution in [2.45, 2.75) is 38.3 Å². The smallest absolute Gasteiger partial charge is 0.254 e. The summed E-state index contributed by atoms with van der Waals surface area (Å²) in [6.07, 6.45) is 4.01. The molecule has 146 valence electrons. The minimum atomic E-state index is -0.0346. The van der Waals surface area contributed by atoms with E-state index in [9.17, 15) is 9.59 Å². The van der Waals surface area contributed by atoms with Crippen molar-refractivity contribution in [3.8, 4) is 5.75 Å². The van der Waals surface area contributed by atoms with Gasteiger partial charge in [0.25, 0.3) is 5.91 Å². The van der Waals surface area contributed by atoms with Crippen molar-refractivity contribution in [1.82, 2.24) is 9.80 Å². The molecule has 28 heavy (non-hydrogen) atoms. The van der Waals surface area contributed by atoms with Crippen molar-refractivity contribution in [2.75, 3.05) is 20.2 Å². The highest BCUT2D eigenvalue weighted by Crippen LogP contribution is 2.25. The Morgan fingerprint density at radius 3 is 2.64 bits per heavy atom. The van der Waals surface area contributed by atoms with E-state index in [1.807, 2.05) is 41.3 Å². The predicted molar refractivity (Wildman–Crippen MR) is 107 cm³/mol. The molecule has 5 nitrogen and oxygen atoms in total. The van der Waals surface area contributed by atoms with Gasteiger partial charge in [-0.15, -0.1) is 0 Å². The van der Waals surface area contributed by atoms with E-state index >= 15 is 0 Å². The molecule has 2 aromatic rings. The molecule has 2 heterocycles. The molecule has 0 radical (unpaired) electrons. The number of fused-ring (bicyclic) bond motifs is 1. The number of nitrogens with zero attached hydrogens (tertiary/aromatic N) is 2. The van der Waals surface area contributed by atoms with E-state index < -0.39 is 0 Å². The normalized spacial score (nSPS) is 18.9. The zero-order chi connectivity index (χ0) is 19.5. The molecular formula is C23H26N2O3. The van der Waals surface area contributed by atoms with Crippen molar-refractivity contribution in [3.63, 3.8) is 0 Å². The van der Waals surface area contributed by atoms with Crippen molar-refractivity contribution in [2.24, 2.45) is 0 Å². The summed E-state index contributed by atoms with van der Waals surface area (Å²) in [5, 5.41) is 0. The van der Waals surface area contributed by atoms with E-state index in [4.69, 9.17) is 4.74 Å². The molecule has 5 heteroatoms. The van der Waals surface area contributed by atoms with E-state index in [1.165, 1.54) is 5.56 Å². The third-order valence-corrected chi connectivity index (χ3v) is 5.80. The van der Waals surface area contributed by atoms with Crippen LogP contribution >= 0.6 is 0 Å². The van der Waals surface area contributed by atoms with Crippen molar-refractivity contribution >= 4 is 11.8 Å². The topological polar surface area (TPSA) is 49.9 Å². The third-order valence-electron chi connectivity index (χ3n) is 5.80. The van der Waals surface area contributed by atoms with Gasteiger partial charge in [-0.3, -0.25) is 9.59 Å². The van der Waals surface area contributed by atoms with Crippen LogP contribution in [0.15, 0.2) is 48.5 Å². The number of carbonyl (C=O) groups excluding carboxylic acids is 2. The highest BCUT2D eigenvalue weighted by atomic mass is 16.5. The maximum Gasteiger partial charge on any atom is 0.254 e. The molecule has 1 fully saturated rings. The second-order valence-corrected chi connectivity index (χ2v) is 7.61. The predicted octanol–water partition coefficient (Wildman–Crippen LogP) is 3.27. The van der Waals surface area contributed by atoms with Crippen LogP contribution in [0, 0.1) is 0 Å². The van der Waals surface area contributed by atoms with E-state index in [0.29, 0.717) is 6.54 Å². The molecule has 0 saturated carbocycles. The summed E-state index contributed by atoms with van der Waals surface area (Å²) < 4.78 is 5.23. The number of benzene rings is 2. The summed E-state index contributed by atoms with van der Waals surface area (Å²) in [5.74, 6) is 0.861. The lowest BCUT2D eigenvalue weighted by Crippen LogP contribution is -2.49. The lowest BCUT2D eigenvalue weighted by molar-refractivity contribution is -0.135. The number of piperidine rings is 1. The molecule has 0 bridgehead atoms. The highest BCUT2D eigenvalue weighted by molar-refractivity contribution is 6.00. The second-order valence-electron chi connectivity index (χ2n) is 7.61. The molecule has 2 aliphatic rings. The Hall–Kier alpha value is -2.82. The molecule has 0 N–H and O–H groups in total. The van der Waals surface area contributed by atoms with Gasteiger partial charge in [0.15, 0.2) is 0 Å². The van der Waals surface area contributed by atoms with Gasteiger partial charge in [-0.05, 0) is 55.0 Å². The molecule has 1 saturated heterocycles. The van der Waals surface area contributed by atoms with Gasteiger partial charge in [0.05, 0.1) is 7.11 Å². The summed E-state index contributed by atoms with van der Waals surface area (Å²) in [7, 11) is 1.66. The number of rotatable bonds is 5. The van der Waals surface area contributed by atoms with Crippen LogP contribution in [0.2, 0.25) is 0 Å². The van der Waals surface area contributed by atoms with Crippen LogP contribution in [-0.4, -0.2) is 47.9 Å². The number of methoxy groups -OCH3 is 1. The average molecular weight is 378 g/mol. The highest BCUT2D eigenvalue weighted by Gasteiger charge is 2.32. The molecule has 4 rings (SSSR count). The first kappa shape index (κ1) is 18.5. The largest absolute Gasteiger partial charge is 0.497 e. The Balaban J connectivity index is 1.42. The fraction of sp³-hybridized carbons (Fsp3) is 0.391. The standard InChI is InChI=1S/C23H26N2O3/c1-28-20-11-9-17(10-12-20)14-19-7-4-5-13-25(19)22(26)16-24-15-18-6-2-3-8-21(18)23(24)27/h2-3,6,8-12,19H,4-5,7,13-16H2,1H3. The lowest BCUT2D eigenvalue weighted by Gasteiger charge is -2.37. The minimum Gasteiger partial charge on any atom is -0.497 e. The van der Waals surface area contributed by atoms with Crippen LogP contribution in [0.1, 0.15) is 40.7 Å². The second kappa shape index (κ2) is 8.05. The molecule has 1 unspecified atom stereocenters. The SMILES string of the molecule is COc1ccc(CC2CCCCN2C(=O)CN2Cc3ccccc3C2=O)cc1. The third kappa shape index (κ3) is 3.75. The van der Waals surface area contributed by atoms with Gasteiger partial charge in [0.2, 0.25) is 5.91 Å². The average Bonchev–Trinajstić information content (AvgIpc) is 3.04. The van der Waals surface area contributed by atoms with Crippen LogP contribution in [0.3, 0.4) is 0 Å². The van der Waals surface area contributed by atoms with Crippen molar-refractivity contribution < 1.29 is 14.3 Å². The number of carbonyl (C=O) groups is 2. The Kier molecular flexibility index (Phi) is 5.33. The van der Waals surface area contributed by atoms with E-state index in [0.717, 1.165) is 49.1 Å². The number of hydrogen-bond acceptors (Lipinski definition) is 3. The molecule has 0 aliphatic carbocycles. The summed E-state index contributed by atoms with van der Waals surface area (Å²) in [4.78, 5) is 29.3. The Morgan fingerprint density at radius 1 is 1.11 bits per heavy atom. The molecule has 1 atom stereocenters. The fourth-order valence-corrected chi connectivity index (χ4v) is 4.27. The zero-order valence-electron chi connectivity index (χ0n) is 16.3. The maximum absolute atomic E-state index is 13.1. The number of amides is 2. The van der Waals surface area contributed by atoms with Crippen molar-refractivity contribution in [1.29, 1.82) is 0 Å².